The predicted octanol–water partition coefficient (Wildman–Crippen LogP) is 2.44. The lowest BCUT2D eigenvalue weighted by Crippen LogP contribution is -2.21. The van der Waals surface area contributed by atoms with E-state index in [-0.39, 0.29) is 0 Å². The predicted molar refractivity (Wildman–Crippen MR) is 61.3 cm³/mol. The van der Waals surface area contributed by atoms with Crippen molar-refractivity contribution in [2.75, 3.05) is 0 Å². The Morgan fingerprint density at radius 2 is 2.19 bits per heavy atom. The van der Waals surface area contributed by atoms with Gasteiger partial charge < -0.3 is 9.73 Å². The van der Waals surface area contributed by atoms with Gasteiger partial charge in [-0.2, -0.15) is 0 Å². The second-order valence-corrected chi connectivity index (χ2v) is 4.91. The van der Waals surface area contributed by atoms with Gasteiger partial charge in [0.05, 0.1) is 5.92 Å². The average molecular weight is 214 g/mol. The van der Waals surface area contributed by atoms with Gasteiger partial charge in [0.15, 0.2) is 11.5 Å². The fourth-order valence-electron chi connectivity index (χ4n) is 3.15. The van der Waals surface area contributed by atoms with Gasteiger partial charge in [0.1, 0.15) is 5.52 Å². The maximum Gasteiger partial charge on any atom is 0.200 e. The van der Waals surface area contributed by atoms with E-state index in [2.05, 4.69) is 10.3 Å². The van der Waals surface area contributed by atoms with E-state index >= 15 is 0 Å². The van der Waals surface area contributed by atoms with Crippen LogP contribution in [0.4, 0.5) is 0 Å². The van der Waals surface area contributed by atoms with Crippen molar-refractivity contribution in [1.82, 2.24) is 10.3 Å². The molecule has 2 bridgehead atoms. The molecular formula is C13H14N2O. The van der Waals surface area contributed by atoms with Crippen LogP contribution in [0.3, 0.4) is 0 Å². The molecule has 0 amide bonds. The summed E-state index contributed by atoms with van der Waals surface area (Å²) in [5.74, 6) is 1.42. The van der Waals surface area contributed by atoms with Crippen LogP contribution in [0.15, 0.2) is 28.7 Å². The molecule has 0 aliphatic carbocycles. The van der Waals surface area contributed by atoms with Gasteiger partial charge in [-0.3, -0.25) is 0 Å². The van der Waals surface area contributed by atoms with Crippen LogP contribution in [-0.4, -0.2) is 17.1 Å². The summed E-state index contributed by atoms with van der Waals surface area (Å²) in [7, 11) is 0. The Bertz CT molecular complexity index is 500. The molecule has 2 aliphatic rings. The third kappa shape index (κ3) is 1.15. The number of aromatic nitrogens is 1. The van der Waals surface area contributed by atoms with E-state index in [1.807, 2.05) is 24.3 Å². The molecular weight excluding hydrogens is 200 g/mol. The number of fused-ring (bicyclic) bond motifs is 3. The van der Waals surface area contributed by atoms with Crippen LogP contribution in [0.25, 0.3) is 11.1 Å². The van der Waals surface area contributed by atoms with Gasteiger partial charge >= 0.3 is 0 Å². The van der Waals surface area contributed by atoms with Crippen molar-refractivity contribution in [3.8, 4) is 0 Å². The van der Waals surface area contributed by atoms with E-state index in [9.17, 15) is 0 Å². The second kappa shape index (κ2) is 3.08. The molecule has 3 nitrogen and oxygen atoms in total. The van der Waals surface area contributed by atoms with Gasteiger partial charge in [0, 0.05) is 12.1 Å². The van der Waals surface area contributed by atoms with E-state index in [0.29, 0.717) is 18.0 Å². The van der Waals surface area contributed by atoms with Crippen molar-refractivity contribution in [2.24, 2.45) is 0 Å². The zero-order valence-corrected chi connectivity index (χ0v) is 9.02. The highest BCUT2D eigenvalue weighted by atomic mass is 16.3. The summed E-state index contributed by atoms with van der Waals surface area (Å²) in [4.78, 5) is 4.61. The molecule has 3 heteroatoms. The molecule has 2 saturated heterocycles. The van der Waals surface area contributed by atoms with Crippen LogP contribution in [0, 0.1) is 0 Å². The minimum atomic E-state index is 0.492. The quantitative estimate of drug-likeness (QED) is 0.792. The van der Waals surface area contributed by atoms with Crippen LogP contribution < -0.4 is 5.32 Å². The van der Waals surface area contributed by atoms with Crippen molar-refractivity contribution >= 4 is 11.1 Å². The van der Waals surface area contributed by atoms with E-state index in [1.165, 1.54) is 19.3 Å². The Kier molecular flexibility index (Phi) is 1.68. The molecule has 4 rings (SSSR count). The second-order valence-electron chi connectivity index (χ2n) is 4.91. The molecule has 1 aromatic heterocycles. The SMILES string of the molecule is c1ccc2oc(C3CC4CCC3N4)nc2c1. The molecule has 1 N–H and O–H groups in total. The van der Waals surface area contributed by atoms with Gasteiger partial charge in [-0.05, 0) is 31.4 Å². The molecule has 0 radical (unpaired) electrons. The highest BCUT2D eigenvalue weighted by Gasteiger charge is 2.42. The zero-order valence-electron chi connectivity index (χ0n) is 9.02. The largest absolute Gasteiger partial charge is 0.440 e. The number of benzene rings is 1. The van der Waals surface area contributed by atoms with Crippen molar-refractivity contribution in [3.63, 3.8) is 0 Å². The van der Waals surface area contributed by atoms with Crippen LogP contribution >= 0.6 is 0 Å². The molecule has 16 heavy (non-hydrogen) atoms. The number of oxazole rings is 1. The topological polar surface area (TPSA) is 38.1 Å². The summed E-state index contributed by atoms with van der Waals surface area (Å²) in [6.07, 6.45) is 3.78. The lowest BCUT2D eigenvalue weighted by molar-refractivity contribution is 0.408. The highest BCUT2D eigenvalue weighted by Crippen LogP contribution is 2.40. The van der Waals surface area contributed by atoms with Gasteiger partial charge in [0.25, 0.3) is 0 Å². The standard InChI is InChI=1S/C13H14N2O/c1-2-4-12-11(3-1)15-13(16-12)9-7-8-5-6-10(9)14-8/h1-4,8-10,14H,5-7H2. The maximum absolute atomic E-state index is 5.85. The molecule has 0 saturated carbocycles. The summed E-state index contributed by atoms with van der Waals surface area (Å²) in [6, 6.07) is 9.31. The summed E-state index contributed by atoms with van der Waals surface area (Å²) in [6.45, 7) is 0. The molecule has 82 valence electrons. The fourth-order valence-corrected chi connectivity index (χ4v) is 3.15. The normalized spacial score (nSPS) is 32.6. The molecule has 3 unspecified atom stereocenters. The summed E-state index contributed by atoms with van der Waals surface area (Å²) in [5, 5.41) is 3.62. The molecule has 1 aromatic carbocycles. The number of hydrogen-bond acceptors (Lipinski definition) is 3. The third-order valence-corrected chi connectivity index (χ3v) is 3.93. The monoisotopic (exact) mass is 214 g/mol. The summed E-state index contributed by atoms with van der Waals surface area (Å²) >= 11 is 0. The lowest BCUT2D eigenvalue weighted by atomic mass is 9.89. The van der Waals surface area contributed by atoms with Crippen molar-refractivity contribution < 1.29 is 4.42 Å². The first-order chi connectivity index (χ1) is 7.90. The molecule has 2 aromatic rings. The Balaban J connectivity index is 1.76. The van der Waals surface area contributed by atoms with Crippen LogP contribution in [-0.2, 0) is 0 Å². The summed E-state index contributed by atoms with van der Waals surface area (Å²) in [5.41, 5.74) is 1.90. The van der Waals surface area contributed by atoms with Crippen molar-refractivity contribution in [3.05, 3.63) is 30.2 Å². The van der Waals surface area contributed by atoms with Crippen LogP contribution in [0.1, 0.15) is 31.1 Å². The first-order valence-corrected chi connectivity index (χ1v) is 6.02. The Hall–Kier alpha value is -1.35. The number of rotatable bonds is 1. The van der Waals surface area contributed by atoms with Crippen molar-refractivity contribution in [1.29, 1.82) is 0 Å². The minimum Gasteiger partial charge on any atom is -0.440 e. The third-order valence-electron chi connectivity index (χ3n) is 3.93. The molecule has 2 fully saturated rings. The molecule has 3 atom stereocenters. The highest BCUT2D eigenvalue weighted by molar-refractivity contribution is 5.72. The smallest absolute Gasteiger partial charge is 0.200 e. The number of nitrogens with one attached hydrogen (secondary N) is 1. The zero-order chi connectivity index (χ0) is 10.5. The Morgan fingerprint density at radius 3 is 2.94 bits per heavy atom. The molecule has 3 heterocycles. The maximum atomic E-state index is 5.85. The fraction of sp³-hybridized carbons (Fsp3) is 0.462. The van der Waals surface area contributed by atoms with Crippen LogP contribution in [0.2, 0.25) is 0 Å². The first kappa shape index (κ1) is 8.76. The van der Waals surface area contributed by atoms with E-state index in [1.54, 1.807) is 0 Å². The van der Waals surface area contributed by atoms with Gasteiger partial charge in [0.2, 0.25) is 0 Å². The van der Waals surface area contributed by atoms with Gasteiger partial charge in [-0.1, -0.05) is 12.1 Å². The van der Waals surface area contributed by atoms with E-state index < -0.39 is 0 Å². The van der Waals surface area contributed by atoms with E-state index in [4.69, 9.17) is 4.42 Å². The van der Waals surface area contributed by atoms with Gasteiger partial charge in [-0.25, -0.2) is 4.98 Å². The lowest BCUT2D eigenvalue weighted by Gasteiger charge is -2.15. The number of nitrogens with zero attached hydrogens (tertiary/aromatic N) is 1. The molecule has 2 aliphatic heterocycles. The van der Waals surface area contributed by atoms with E-state index in [0.717, 1.165) is 17.0 Å². The minimum absolute atomic E-state index is 0.492. The summed E-state index contributed by atoms with van der Waals surface area (Å²) < 4.78 is 5.85. The van der Waals surface area contributed by atoms with Crippen molar-refractivity contribution in [2.45, 2.75) is 37.3 Å². The average Bonchev–Trinajstić information content (AvgIpc) is 3.02. The molecule has 0 spiro atoms. The van der Waals surface area contributed by atoms with Gasteiger partial charge in [-0.15, -0.1) is 0 Å². The Morgan fingerprint density at radius 1 is 1.25 bits per heavy atom. The number of hydrogen-bond donors (Lipinski definition) is 1. The van der Waals surface area contributed by atoms with Crippen LogP contribution in [0.5, 0.6) is 0 Å². The Labute approximate surface area is 93.9 Å². The number of para-hydroxylation sites is 2. The first-order valence-electron chi connectivity index (χ1n) is 6.02.